The van der Waals surface area contributed by atoms with Crippen molar-refractivity contribution < 1.29 is 23.8 Å². The molecule has 0 saturated heterocycles. The number of benzene rings is 3. The van der Waals surface area contributed by atoms with E-state index in [2.05, 4.69) is 10.6 Å². The standard InChI is InChI=1S/C26H27ClN2O5/c1-17-14-19(11-12-20(17)27)34-13-7-10-25(30)28-21-15-24(33-3)22(16-23(21)32-2)29-26(31)18-8-5-4-6-9-18/h4-6,8-9,11-12,14-16H,7,10,13H2,1-3H3,(H,28,30)(H,29,31). The Morgan fingerprint density at radius 1 is 0.882 bits per heavy atom. The van der Waals surface area contributed by atoms with Crippen LogP contribution in [0, 0.1) is 6.92 Å². The smallest absolute Gasteiger partial charge is 0.255 e. The van der Waals surface area contributed by atoms with Crippen LogP contribution >= 0.6 is 11.6 Å². The molecular weight excluding hydrogens is 456 g/mol. The van der Waals surface area contributed by atoms with Crippen LogP contribution in [0.4, 0.5) is 11.4 Å². The van der Waals surface area contributed by atoms with Crippen LogP contribution in [0.15, 0.2) is 60.7 Å². The van der Waals surface area contributed by atoms with E-state index in [1.165, 1.54) is 14.2 Å². The highest BCUT2D eigenvalue weighted by molar-refractivity contribution is 6.31. The summed E-state index contributed by atoms with van der Waals surface area (Å²) >= 11 is 6.02. The summed E-state index contributed by atoms with van der Waals surface area (Å²) < 4.78 is 16.5. The van der Waals surface area contributed by atoms with E-state index in [4.69, 9.17) is 25.8 Å². The van der Waals surface area contributed by atoms with Gasteiger partial charge in [0.05, 0.1) is 32.2 Å². The number of hydrogen-bond donors (Lipinski definition) is 2. The molecule has 0 aliphatic carbocycles. The highest BCUT2D eigenvalue weighted by Crippen LogP contribution is 2.36. The van der Waals surface area contributed by atoms with Gasteiger partial charge >= 0.3 is 0 Å². The lowest BCUT2D eigenvalue weighted by Gasteiger charge is -2.16. The van der Waals surface area contributed by atoms with Crippen LogP contribution in [-0.2, 0) is 4.79 Å². The molecule has 0 saturated carbocycles. The van der Waals surface area contributed by atoms with Gasteiger partial charge < -0.3 is 24.8 Å². The third-order valence-electron chi connectivity index (χ3n) is 5.03. The predicted octanol–water partition coefficient (Wildman–Crippen LogP) is 5.72. The van der Waals surface area contributed by atoms with Gasteiger partial charge in [0.2, 0.25) is 5.91 Å². The fraction of sp³-hybridized carbons (Fsp3) is 0.231. The average molecular weight is 483 g/mol. The number of ether oxygens (including phenoxy) is 3. The number of halogens is 1. The minimum absolute atomic E-state index is 0.197. The molecule has 2 amide bonds. The summed E-state index contributed by atoms with van der Waals surface area (Å²) in [6.07, 6.45) is 0.780. The normalized spacial score (nSPS) is 10.4. The molecule has 3 rings (SSSR count). The Kier molecular flexibility index (Phi) is 8.76. The largest absolute Gasteiger partial charge is 0.494 e. The molecule has 178 valence electrons. The van der Waals surface area contributed by atoms with Crippen molar-refractivity contribution in [3.8, 4) is 17.2 Å². The Balaban J connectivity index is 1.60. The van der Waals surface area contributed by atoms with Crippen molar-refractivity contribution >= 4 is 34.8 Å². The molecule has 2 N–H and O–H groups in total. The van der Waals surface area contributed by atoms with E-state index in [1.54, 1.807) is 48.5 Å². The lowest BCUT2D eigenvalue weighted by molar-refractivity contribution is -0.116. The maximum atomic E-state index is 12.5. The van der Waals surface area contributed by atoms with Gasteiger partial charge in [-0.25, -0.2) is 0 Å². The molecule has 0 fully saturated rings. The second-order valence-electron chi connectivity index (χ2n) is 7.48. The van der Waals surface area contributed by atoms with Gasteiger partial charge in [0.25, 0.3) is 5.91 Å². The molecule has 0 bridgehead atoms. The number of hydrogen-bond acceptors (Lipinski definition) is 5. The van der Waals surface area contributed by atoms with Crippen molar-refractivity contribution in [3.05, 3.63) is 76.8 Å². The number of anilines is 2. The first-order chi connectivity index (χ1) is 16.4. The van der Waals surface area contributed by atoms with Gasteiger partial charge in [0.1, 0.15) is 17.2 Å². The van der Waals surface area contributed by atoms with Gasteiger partial charge in [-0.1, -0.05) is 29.8 Å². The second-order valence-corrected chi connectivity index (χ2v) is 7.89. The van der Waals surface area contributed by atoms with Crippen LogP contribution in [-0.4, -0.2) is 32.6 Å². The zero-order valence-electron chi connectivity index (χ0n) is 19.3. The summed E-state index contributed by atoms with van der Waals surface area (Å²) in [6, 6.07) is 17.5. The Morgan fingerprint density at radius 2 is 1.53 bits per heavy atom. The van der Waals surface area contributed by atoms with E-state index in [1.807, 2.05) is 19.1 Å². The van der Waals surface area contributed by atoms with E-state index < -0.39 is 0 Å². The molecule has 0 unspecified atom stereocenters. The summed E-state index contributed by atoms with van der Waals surface area (Å²) in [6.45, 7) is 2.29. The number of methoxy groups -OCH3 is 2. The third kappa shape index (κ3) is 6.65. The summed E-state index contributed by atoms with van der Waals surface area (Å²) in [5, 5.41) is 6.33. The van der Waals surface area contributed by atoms with Gasteiger partial charge in [0.15, 0.2) is 0 Å². The molecule has 0 radical (unpaired) electrons. The second kappa shape index (κ2) is 12.0. The summed E-state index contributed by atoms with van der Waals surface area (Å²) in [5.41, 5.74) is 2.31. The number of aryl methyl sites for hydroxylation is 1. The van der Waals surface area contributed by atoms with Gasteiger partial charge in [-0.15, -0.1) is 0 Å². The molecule has 0 heterocycles. The lowest BCUT2D eigenvalue weighted by atomic mass is 10.2. The summed E-state index contributed by atoms with van der Waals surface area (Å²) in [7, 11) is 2.98. The first-order valence-corrected chi connectivity index (χ1v) is 11.1. The summed E-state index contributed by atoms with van der Waals surface area (Å²) in [5.74, 6) is 1.01. The Bertz CT molecular complexity index is 1150. The maximum Gasteiger partial charge on any atom is 0.255 e. The van der Waals surface area contributed by atoms with Gasteiger partial charge in [0, 0.05) is 29.1 Å². The van der Waals surface area contributed by atoms with E-state index in [9.17, 15) is 9.59 Å². The fourth-order valence-electron chi connectivity index (χ4n) is 3.22. The van der Waals surface area contributed by atoms with Crippen LogP contribution in [0.1, 0.15) is 28.8 Å². The first kappa shape index (κ1) is 24.9. The molecule has 3 aromatic rings. The molecule has 0 aromatic heterocycles. The van der Waals surface area contributed by atoms with E-state index in [-0.39, 0.29) is 18.2 Å². The highest BCUT2D eigenvalue weighted by Gasteiger charge is 2.16. The number of rotatable bonds is 10. The topological polar surface area (TPSA) is 85.9 Å². The Labute approximate surface area is 204 Å². The van der Waals surface area contributed by atoms with Gasteiger partial charge in [-0.2, -0.15) is 0 Å². The van der Waals surface area contributed by atoms with Crippen LogP contribution in [0.2, 0.25) is 5.02 Å². The number of carbonyl (C=O) groups excluding carboxylic acids is 2. The van der Waals surface area contributed by atoms with E-state index >= 15 is 0 Å². The number of carbonyl (C=O) groups is 2. The fourth-order valence-corrected chi connectivity index (χ4v) is 3.34. The highest BCUT2D eigenvalue weighted by atomic mass is 35.5. The molecule has 0 aliphatic rings. The summed E-state index contributed by atoms with van der Waals surface area (Å²) in [4.78, 5) is 25.0. The van der Waals surface area contributed by atoms with Crippen LogP contribution < -0.4 is 24.8 Å². The molecule has 0 spiro atoms. The minimum atomic E-state index is -0.284. The molecule has 0 atom stereocenters. The van der Waals surface area contributed by atoms with Gasteiger partial charge in [-0.05, 0) is 49.2 Å². The lowest BCUT2D eigenvalue weighted by Crippen LogP contribution is -2.15. The van der Waals surface area contributed by atoms with Gasteiger partial charge in [-0.3, -0.25) is 9.59 Å². The number of amides is 2. The Morgan fingerprint density at radius 3 is 2.15 bits per heavy atom. The molecule has 7 nitrogen and oxygen atoms in total. The zero-order chi connectivity index (χ0) is 24.5. The van der Waals surface area contributed by atoms with Crippen LogP contribution in [0.5, 0.6) is 17.2 Å². The van der Waals surface area contributed by atoms with Crippen LogP contribution in [0.3, 0.4) is 0 Å². The van der Waals surface area contributed by atoms with Crippen molar-refractivity contribution in [3.63, 3.8) is 0 Å². The van der Waals surface area contributed by atoms with E-state index in [0.717, 1.165) is 5.56 Å². The minimum Gasteiger partial charge on any atom is -0.494 e. The predicted molar refractivity (Wildman–Crippen MR) is 133 cm³/mol. The Hall–Kier alpha value is -3.71. The SMILES string of the molecule is COc1cc(NC(=O)c2ccccc2)c(OC)cc1NC(=O)CCCOc1ccc(Cl)c(C)c1. The molecular formula is C26H27ClN2O5. The monoisotopic (exact) mass is 482 g/mol. The van der Waals surface area contributed by atoms with Crippen molar-refractivity contribution in [2.75, 3.05) is 31.5 Å². The zero-order valence-corrected chi connectivity index (χ0v) is 20.1. The van der Waals surface area contributed by atoms with Crippen molar-refractivity contribution in [1.29, 1.82) is 0 Å². The molecule has 0 aliphatic heterocycles. The van der Waals surface area contributed by atoms with Crippen molar-refractivity contribution in [1.82, 2.24) is 0 Å². The first-order valence-electron chi connectivity index (χ1n) is 10.7. The molecule has 3 aromatic carbocycles. The van der Waals surface area contributed by atoms with Crippen molar-refractivity contribution in [2.24, 2.45) is 0 Å². The van der Waals surface area contributed by atoms with Crippen LogP contribution in [0.25, 0.3) is 0 Å². The molecule has 8 heteroatoms. The number of nitrogens with one attached hydrogen (secondary N) is 2. The molecule has 34 heavy (non-hydrogen) atoms. The van der Waals surface area contributed by atoms with E-state index in [0.29, 0.717) is 52.2 Å². The third-order valence-corrected chi connectivity index (χ3v) is 5.45. The average Bonchev–Trinajstić information content (AvgIpc) is 2.85. The quantitative estimate of drug-likeness (QED) is 0.361. The van der Waals surface area contributed by atoms with Crippen molar-refractivity contribution in [2.45, 2.75) is 19.8 Å². The maximum absolute atomic E-state index is 12.5.